The average molecular weight is 451 g/mol. The minimum atomic E-state index is -5.28. The van der Waals surface area contributed by atoms with Crippen LogP contribution >= 0.6 is 0 Å². The van der Waals surface area contributed by atoms with Gasteiger partial charge in [-0.25, -0.2) is 14.3 Å². The van der Waals surface area contributed by atoms with Crippen molar-refractivity contribution in [1.29, 1.82) is 5.26 Å². The lowest BCUT2D eigenvalue weighted by molar-refractivity contribution is -0.189. The van der Waals surface area contributed by atoms with Crippen LogP contribution in [0.2, 0.25) is 0 Å². The van der Waals surface area contributed by atoms with E-state index in [1.165, 1.54) is 16.8 Å². The van der Waals surface area contributed by atoms with E-state index in [9.17, 15) is 22.8 Å². The van der Waals surface area contributed by atoms with Crippen LogP contribution in [-0.2, 0) is 4.79 Å². The molecular weight excluding hydrogens is 439 g/mol. The van der Waals surface area contributed by atoms with Crippen LogP contribution in [0.4, 0.5) is 19.0 Å². The predicted molar refractivity (Wildman–Crippen MR) is 109 cm³/mol. The molecule has 4 aromatic rings. The van der Waals surface area contributed by atoms with Gasteiger partial charge in [-0.3, -0.25) is 4.79 Å². The molecule has 0 aliphatic heterocycles. The van der Waals surface area contributed by atoms with Gasteiger partial charge >= 0.3 is 12.1 Å². The van der Waals surface area contributed by atoms with E-state index in [4.69, 9.17) is 5.26 Å². The molecule has 0 unspecified atom stereocenters. The van der Waals surface area contributed by atoms with E-state index in [2.05, 4.69) is 20.1 Å². The number of esters is 1. The second-order valence-electron chi connectivity index (χ2n) is 6.68. The number of halogens is 3. The second kappa shape index (κ2) is 8.43. The third kappa shape index (κ3) is 4.64. The molecule has 1 N–H and O–H groups in total. The summed E-state index contributed by atoms with van der Waals surface area (Å²) in [6.45, 7) is 0. The topological polar surface area (TPSA) is 109 Å². The first-order valence-corrected chi connectivity index (χ1v) is 9.31. The van der Waals surface area contributed by atoms with Gasteiger partial charge in [0.05, 0.1) is 29.1 Å². The number of aromatic nitrogens is 3. The number of amides is 1. The van der Waals surface area contributed by atoms with Gasteiger partial charge < -0.3 is 10.1 Å². The highest BCUT2D eigenvalue weighted by atomic mass is 19.4. The van der Waals surface area contributed by atoms with Crippen molar-refractivity contribution >= 4 is 23.3 Å². The summed E-state index contributed by atoms with van der Waals surface area (Å²) in [5.41, 5.74) is 1.45. The van der Waals surface area contributed by atoms with Crippen molar-refractivity contribution in [3.63, 3.8) is 0 Å². The lowest BCUT2D eigenvalue weighted by Gasteiger charge is -2.11. The summed E-state index contributed by atoms with van der Waals surface area (Å²) in [5, 5.41) is 15.8. The van der Waals surface area contributed by atoms with Crippen molar-refractivity contribution < 1.29 is 27.5 Å². The molecule has 0 aliphatic carbocycles. The summed E-state index contributed by atoms with van der Waals surface area (Å²) in [7, 11) is 0. The number of hydrogen-bond donors (Lipinski definition) is 1. The number of alkyl halides is 3. The van der Waals surface area contributed by atoms with Gasteiger partial charge in [0, 0.05) is 5.56 Å². The normalized spacial score (nSPS) is 11.1. The zero-order valence-corrected chi connectivity index (χ0v) is 16.5. The largest absolute Gasteiger partial charge is 0.491 e. The molecule has 164 valence electrons. The molecule has 0 aliphatic rings. The number of nitrogens with one attached hydrogen (secondary N) is 1. The fraction of sp³-hybridized carbons (Fsp3) is 0.0455. The Bertz CT molecular complexity index is 1410. The lowest BCUT2D eigenvalue weighted by Crippen LogP contribution is -2.29. The third-order valence-corrected chi connectivity index (χ3v) is 4.42. The second-order valence-corrected chi connectivity index (χ2v) is 6.68. The standard InChI is InChI=1S/C22H12F3N5O3/c23-22(24,25)21(32)33-17-10-13(11-26)6-7-15(17)20(31)28-18-12-30-19(27-18)9-8-16(29-30)14-4-2-1-3-5-14/h1-10,12H,(H,28,31). The number of ether oxygens (including phenoxy) is 1. The van der Waals surface area contributed by atoms with Gasteiger partial charge in [-0.1, -0.05) is 30.3 Å². The smallest absolute Gasteiger partial charge is 0.419 e. The number of carbonyl (C=O) groups is 2. The number of hydrogen-bond acceptors (Lipinski definition) is 6. The molecule has 4 rings (SSSR count). The van der Waals surface area contributed by atoms with Crippen molar-refractivity contribution in [2.75, 3.05) is 5.32 Å². The Hall–Kier alpha value is -4.72. The Morgan fingerprint density at radius 2 is 1.82 bits per heavy atom. The molecule has 0 saturated carbocycles. The number of fused-ring (bicyclic) bond motifs is 1. The van der Waals surface area contributed by atoms with E-state index in [0.717, 1.165) is 17.7 Å². The fourth-order valence-electron chi connectivity index (χ4n) is 2.91. The van der Waals surface area contributed by atoms with Crippen LogP contribution in [0.5, 0.6) is 5.75 Å². The van der Waals surface area contributed by atoms with Crippen molar-refractivity contribution in [3.8, 4) is 23.1 Å². The lowest BCUT2D eigenvalue weighted by atomic mass is 10.1. The maximum atomic E-state index is 12.7. The van der Waals surface area contributed by atoms with Gasteiger partial charge in [0.2, 0.25) is 0 Å². The summed E-state index contributed by atoms with van der Waals surface area (Å²) in [5.74, 6) is -4.05. The van der Waals surface area contributed by atoms with Crippen LogP contribution in [0.3, 0.4) is 0 Å². The first kappa shape index (κ1) is 21.5. The highest BCUT2D eigenvalue weighted by Gasteiger charge is 2.42. The molecule has 11 heteroatoms. The molecule has 0 atom stereocenters. The highest BCUT2D eigenvalue weighted by Crippen LogP contribution is 2.26. The van der Waals surface area contributed by atoms with E-state index < -0.39 is 23.8 Å². The minimum Gasteiger partial charge on any atom is -0.419 e. The van der Waals surface area contributed by atoms with Crippen molar-refractivity contribution in [1.82, 2.24) is 14.6 Å². The maximum Gasteiger partial charge on any atom is 0.491 e. The third-order valence-electron chi connectivity index (χ3n) is 4.42. The Morgan fingerprint density at radius 3 is 2.52 bits per heavy atom. The Balaban J connectivity index is 1.61. The quantitative estimate of drug-likeness (QED) is 0.371. The van der Waals surface area contributed by atoms with Gasteiger partial charge in [-0.2, -0.15) is 23.5 Å². The van der Waals surface area contributed by atoms with Crippen LogP contribution in [0.1, 0.15) is 15.9 Å². The molecule has 0 spiro atoms. The van der Waals surface area contributed by atoms with Gasteiger partial charge in [-0.05, 0) is 30.3 Å². The number of nitrogens with zero attached hydrogens (tertiary/aromatic N) is 4. The van der Waals surface area contributed by atoms with Gasteiger partial charge in [0.1, 0.15) is 5.75 Å². The first-order valence-electron chi connectivity index (χ1n) is 9.31. The van der Waals surface area contributed by atoms with E-state index in [1.807, 2.05) is 30.3 Å². The fourth-order valence-corrected chi connectivity index (χ4v) is 2.91. The number of rotatable bonds is 4. The summed E-state index contributed by atoms with van der Waals surface area (Å²) >= 11 is 0. The molecule has 1 amide bonds. The summed E-state index contributed by atoms with van der Waals surface area (Å²) in [6.07, 6.45) is -3.86. The molecule has 0 bridgehead atoms. The SMILES string of the molecule is N#Cc1ccc(C(=O)Nc2cn3nc(-c4ccccc4)ccc3n2)c(OC(=O)C(F)(F)F)c1. The first-order chi connectivity index (χ1) is 15.7. The van der Waals surface area contributed by atoms with E-state index in [-0.39, 0.29) is 16.9 Å². The Labute approximate surface area is 183 Å². The van der Waals surface area contributed by atoms with Crippen molar-refractivity contribution in [2.45, 2.75) is 6.18 Å². The van der Waals surface area contributed by atoms with Crippen molar-refractivity contribution in [2.24, 2.45) is 0 Å². The molecule has 0 fully saturated rings. The minimum absolute atomic E-state index is 0.0650. The zero-order chi connectivity index (χ0) is 23.6. The van der Waals surface area contributed by atoms with Crippen LogP contribution in [0.15, 0.2) is 66.9 Å². The van der Waals surface area contributed by atoms with E-state index >= 15 is 0 Å². The van der Waals surface area contributed by atoms with E-state index in [1.54, 1.807) is 18.2 Å². The predicted octanol–water partition coefficient (Wildman–Crippen LogP) is 3.99. The number of nitriles is 1. The maximum absolute atomic E-state index is 12.7. The van der Waals surface area contributed by atoms with Gasteiger partial charge in [0.25, 0.3) is 5.91 Å². The van der Waals surface area contributed by atoms with Crippen LogP contribution in [0.25, 0.3) is 16.9 Å². The monoisotopic (exact) mass is 451 g/mol. The molecule has 2 aromatic carbocycles. The van der Waals surface area contributed by atoms with Crippen LogP contribution < -0.4 is 10.1 Å². The Morgan fingerprint density at radius 1 is 1.06 bits per heavy atom. The molecule has 0 saturated heterocycles. The van der Waals surface area contributed by atoms with E-state index in [0.29, 0.717) is 11.3 Å². The molecule has 33 heavy (non-hydrogen) atoms. The number of carbonyl (C=O) groups excluding carboxylic acids is 2. The van der Waals surface area contributed by atoms with Gasteiger partial charge in [0.15, 0.2) is 11.5 Å². The van der Waals surface area contributed by atoms with Crippen LogP contribution in [0, 0.1) is 11.3 Å². The summed E-state index contributed by atoms with van der Waals surface area (Å²) < 4.78 is 43.6. The van der Waals surface area contributed by atoms with Crippen molar-refractivity contribution in [3.05, 3.63) is 78.0 Å². The molecule has 2 aromatic heterocycles. The molecule has 2 heterocycles. The van der Waals surface area contributed by atoms with Gasteiger partial charge in [-0.15, -0.1) is 0 Å². The average Bonchev–Trinajstić information content (AvgIpc) is 3.20. The number of anilines is 1. The molecular formula is C22H12F3N5O3. The van der Waals surface area contributed by atoms with Crippen LogP contribution in [-0.4, -0.2) is 32.7 Å². The zero-order valence-electron chi connectivity index (χ0n) is 16.5. The molecule has 0 radical (unpaired) electrons. The Kier molecular flexibility index (Phi) is 5.49. The summed E-state index contributed by atoms with van der Waals surface area (Å²) in [6, 6.07) is 17.6. The summed E-state index contributed by atoms with van der Waals surface area (Å²) in [4.78, 5) is 28.1. The highest BCUT2D eigenvalue weighted by molar-refractivity contribution is 6.06. The number of imidazole rings is 1. The number of benzene rings is 2. The molecule has 8 nitrogen and oxygen atoms in total.